The lowest BCUT2D eigenvalue weighted by atomic mass is 9.91. The molecule has 14 heavy (non-hydrogen) atoms. The number of nitrogens with two attached hydrogens (primary N) is 1. The first-order chi connectivity index (χ1) is 6.86. The van der Waals surface area contributed by atoms with Crippen molar-refractivity contribution in [3.8, 4) is 0 Å². The van der Waals surface area contributed by atoms with E-state index < -0.39 is 0 Å². The SMILES string of the molecule is N[C@H]1CCCC[C@H]1Nc1ccccc1. The lowest BCUT2D eigenvalue weighted by Crippen LogP contribution is -2.42. The molecule has 1 aliphatic carbocycles. The molecule has 2 rings (SSSR count). The third kappa shape index (κ3) is 2.26. The van der Waals surface area contributed by atoms with Crippen molar-refractivity contribution < 1.29 is 0 Å². The van der Waals surface area contributed by atoms with Crippen molar-refractivity contribution in [2.24, 2.45) is 5.73 Å². The Hall–Kier alpha value is -1.02. The van der Waals surface area contributed by atoms with Crippen molar-refractivity contribution in [2.75, 3.05) is 5.32 Å². The molecule has 2 nitrogen and oxygen atoms in total. The molecule has 0 aliphatic heterocycles. The van der Waals surface area contributed by atoms with Gasteiger partial charge < -0.3 is 11.1 Å². The molecule has 1 aromatic rings. The highest BCUT2D eigenvalue weighted by molar-refractivity contribution is 5.43. The van der Waals surface area contributed by atoms with Crippen molar-refractivity contribution in [3.63, 3.8) is 0 Å². The van der Waals surface area contributed by atoms with Gasteiger partial charge in [0.25, 0.3) is 0 Å². The zero-order valence-corrected chi connectivity index (χ0v) is 8.45. The molecule has 2 atom stereocenters. The second-order valence-corrected chi connectivity index (χ2v) is 4.07. The number of benzene rings is 1. The van der Waals surface area contributed by atoms with E-state index in [1.54, 1.807) is 0 Å². The molecule has 0 spiro atoms. The molecule has 76 valence electrons. The van der Waals surface area contributed by atoms with E-state index in [4.69, 9.17) is 5.73 Å². The fourth-order valence-electron chi connectivity index (χ4n) is 2.09. The Kier molecular flexibility index (Phi) is 3.04. The summed E-state index contributed by atoms with van der Waals surface area (Å²) in [6.45, 7) is 0. The second kappa shape index (κ2) is 4.47. The van der Waals surface area contributed by atoms with E-state index in [1.807, 2.05) is 6.07 Å². The van der Waals surface area contributed by atoms with E-state index in [2.05, 4.69) is 29.6 Å². The third-order valence-electron chi connectivity index (χ3n) is 2.95. The van der Waals surface area contributed by atoms with Crippen LogP contribution in [0.3, 0.4) is 0 Å². The largest absolute Gasteiger partial charge is 0.381 e. The smallest absolute Gasteiger partial charge is 0.0412 e. The minimum atomic E-state index is 0.323. The maximum atomic E-state index is 6.06. The van der Waals surface area contributed by atoms with Gasteiger partial charge in [-0.1, -0.05) is 31.0 Å². The van der Waals surface area contributed by atoms with Crippen LogP contribution in [0.4, 0.5) is 5.69 Å². The van der Waals surface area contributed by atoms with Gasteiger partial charge in [-0.3, -0.25) is 0 Å². The predicted molar refractivity (Wildman–Crippen MR) is 60.3 cm³/mol. The summed E-state index contributed by atoms with van der Waals surface area (Å²) < 4.78 is 0. The quantitative estimate of drug-likeness (QED) is 0.751. The number of hydrogen-bond acceptors (Lipinski definition) is 2. The van der Waals surface area contributed by atoms with Gasteiger partial charge in [0.2, 0.25) is 0 Å². The first-order valence-corrected chi connectivity index (χ1v) is 5.43. The highest BCUT2D eigenvalue weighted by Crippen LogP contribution is 2.20. The van der Waals surface area contributed by atoms with Crippen LogP contribution in [0.2, 0.25) is 0 Å². The maximum Gasteiger partial charge on any atom is 0.0412 e. The standard InChI is InChI=1S/C12H18N2/c13-11-8-4-5-9-12(11)14-10-6-2-1-3-7-10/h1-3,6-7,11-12,14H,4-5,8-9,13H2/t11-,12+/m0/s1. The van der Waals surface area contributed by atoms with Crippen LogP contribution in [0.5, 0.6) is 0 Å². The van der Waals surface area contributed by atoms with Crippen LogP contribution in [-0.2, 0) is 0 Å². The van der Waals surface area contributed by atoms with Gasteiger partial charge in [0, 0.05) is 17.8 Å². The summed E-state index contributed by atoms with van der Waals surface area (Å²) >= 11 is 0. The summed E-state index contributed by atoms with van der Waals surface area (Å²) in [6, 6.07) is 11.1. The zero-order valence-electron chi connectivity index (χ0n) is 8.45. The first kappa shape index (κ1) is 9.53. The van der Waals surface area contributed by atoms with Gasteiger partial charge >= 0.3 is 0 Å². The van der Waals surface area contributed by atoms with Crippen LogP contribution in [0, 0.1) is 0 Å². The van der Waals surface area contributed by atoms with Gasteiger partial charge in [-0.05, 0) is 25.0 Å². The molecule has 0 amide bonds. The van der Waals surface area contributed by atoms with Crippen LogP contribution in [0.1, 0.15) is 25.7 Å². The van der Waals surface area contributed by atoms with Crippen molar-refractivity contribution >= 4 is 5.69 Å². The monoisotopic (exact) mass is 190 g/mol. The number of hydrogen-bond donors (Lipinski definition) is 2. The fourth-order valence-corrected chi connectivity index (χ4v) is 2.09. The number of anilines is 1. The number of rotatable bonds is 2. The Morgan fingerprint density at radius 2 is 1.79 bits per heavy atom. The minimum Gasteiger partial charge on any atom is -0.381 e. The topological polar surface area (TPSA) is 38.0 Å². The second-order valence-electron chi connectivity index (χ2n) is 4.07. The first-order valence-electron chi connectivity index (χ1n) is 5.43. The summed E-state index contributed by atoms with van der Waals surface area (Å²) in [5.74, 6) is 0. The van der Waals surface area contributed by atoms with Crippen LogP contribution >= 0.6 is 0 Å². The van der Waals surface area contributed by atoms with E-state index in [0.29, 0.717) is 12.1 Å². The van der Waals surface area contributed by atoms with Crippen molar-refractivity contribution in [2.45, 2.75) is 37.8 Å². The van der Waals surface area contributed by atoms with Crippen LogP contribution in [0.15, 0.2) is 30.3 Å². The lowest BCUT2D eigenvalue weighted by Gasteiger charge is -2.30. The summed E-state index contributed by atoms with van der Waals surface area (Å²) in [5, 5.41) is 3.51. The molecule has 3 N–H and O–H groups in total. The average molecular weight is 190 g/mol. The van der Waals surface area contributed by atoms with E-state index in [0.717, 1.165) is 6.42 Å². The zero-order chi connectivity index (χ0) is 9.80. The Morgan fingerprint density at radius 1 is 1.07 bits per heavy atom. The van der Waals surface area contributed by atoms with Crippen molar-refractivity contribution in [3.05, 3.63) is 30.3 Å². The van der Waals surface area contributed by atoms with E-state index in [9.17, 15) is 0 Å². The molecule has 1 saturated carbocycles. The van der Waals surface area contributed by atoms with Gasteiger partial charge in [0.1, 0.15) is 0 Å². The van der Waals surface area contributed by atoms with Gasteiger partial charge in [0.15, 0.2) is 0 Å². The molecule has 0 radical (unpaired) electrons. The molecule has 1 aliphatic rings. The Bertz CT molecular complexity index is 271. The number of nitrogens with one attached hydrogen (secondary N) is 1. The van der Waals surface area contributed by atoms with E-state index in [1.165, 1.54) is 24.9 Å². The normalized spacial score (nSPS) is 27.2. The third-order valence-corrected chi connectivity index (χ3v) is 2.95. The summed E-state index contributed by atoms with van der Waals surface area (Å²) in [6.07, 6.45) is 4.95. The highest BCUT2D eigenvalue weighted by atomic mass is 15.0. The van der Waals surface area contributed by atoms with Gasteiger partial charge in [-0.15, -0.1) is 0 Å². The average Bonchev–Trinajstić information content (AvgIpc) is 2.23. The number of para-hydroxylation sites is 1. The molecule has 1 fully saturated rings. The van der Waals surface area contributed by atoms with Crippen LogP contribution in [-0.4, -0.2) is 12.1 Å². The lowest BCUT2D eigenvalue weighted by molar-refractivity contribution is 0.404. The molecule has 0 saturated heterocycles. The summed E-state index contributed by atoms with van der Waals surface area (Å²) in [7, 11) is 0. The van der Waals surface area contributed by atoms with E-state index >= 15 is 0 Å². The van der Waals surface area contributed by atoms with Crippen LogP contribution in [0.25, 0.3) is 0 Å². The molecule has 0 unspecified atom stereocenters. The van der Waals surface area contributed by atoms with Gasteiger partial charge in [-0.2, -0.15) is 0 Å². The minimum absolute atomic E-state index is 0.323. The summed E-state index contributed by atoms with van der Waals surface area (Å²) in [5.41, 5.74) is 7.25. The van der Waals surface area contributed by atoms with Gasteiger partial charge in [0.05, 0.1) is 0 Å². The predicted octanol–water partition coefficient (Wildman–Crippen LogP) is 2.37. The molecule has 0 bridgehead atoms. The molecule has 0 aromatic heterocycles. The van der Waals surface area contributed by atoms with E-state index in [-0.39, 0.29) is 0 Å². The fraction of sp³-hybridized carbons (Fsp3) is 0.500. The maximum absolute atomic E-state index is 6.06. The van der Waals surface area contributed by atoms with Crippen LogP contribution < -0.4 is 11.1 Å². The Labute approximate surface area is 85.5 Å². The molecular formula is C12H18N2. The summed E-state index contributed by atoms with van der Waals surface area (Å²) in [4.78, 5) is 0. The van der Waals surface area contributed by atoms with Crippen molar-refractivity contribution in [1.82, 2.24) is 0 Å². The Morgan fingerprint density at radius 3 is 2.50 bits per heavy atom. The highest BCUT2D eigenvalue weighted by Gasteiger charge is 2.20. The molecular weight excluding hydrogens is 172 g/mol. The van der Waals surface area contributed by atoms with Gasteiger partial charge in [-0.25, -0.2) is 0 Å². The van der Waals surface area contributed by atoms with Crippen molar-refractivity contribution in [1.29, 1.82) is 0 Å². The Balaban J connectivity index is 1.96. The molecule has 2 heteroatoms. The molecule has 0 heterocycles. The molecule has 1 aromatic carbocycles.